The Morgan fingerprint density at radius 1 is 0.848 bits per heavy atom. The molecule has 33 heavy (non-hydrogen) atoms. The molecule has 4 rings (SSSR count). The molecule has 1 saturated heterocycles. The average Bonchev–Trinajstić information content (AvgIpc) is 2.86. The molecule has 3 N–H and O–H groups in total. The van der Waals surface area contributed by atoms with Crippen LogP contribution in [0, 0.1) is 8.98 Å². The number of anilines is 2. The van der Waals surface area contributed by atoms with Gasteiger partial charge in [0.1, 0.15) is 11.7 Å². The number of halogens is 1. The lowest BCUT2D eigenvalue weighted by Gasteiger charge is -2.29. The van der Waals surface area contributed by atoms with Crippen LogP contribution in [0.25, 0.3) is 0 Å². The summed E-state index contributed by atoms with van der Waals surface area (Å²) in [5.41, 5.74) is 2.00. The molecule has 0 aliphatic carbocycles. The molecule has 1 fully saturated rings. The molecule has 168 valence electrons. The lowest BCUT2D eigenvalue weighted by molar-refractivity contribution is 0.102. The van der Waals surface area contributed by atoms with E-state index in [1.165, 1.54) is 6.42 Å². The van der Waals surface area contributed by atoms with Crippen LogP contribution < -0.4 is 10.6 Å². The highest BCUT2D eigenvalue weighted by Crippen LogP contribution is 2.19. The molecule has 2 aromatic carbocycles. The molecule has 7 nitrogen and oxygen atoms in total. The predicted octanol–water partition coefficient (Wildman–Crippen LogP) is 5.00. The van der Waals surface area contributed by atoms with Gasteiger partial charge in [0, 0.05) is 34.0 Å². The van der Waals surface area contributed by atoms with Crippen LogP contribution in [0.5, 0.6) is 0 Å². The van der Waals surface area contributed by atoms with E-state index >= 15 is 0 Å². The van der Waals surface area contributed by atoms with Crippen molar-refractivity contribution in [2.75, 3.05) is 23.7 Å². The van der Waals surface area contributed by atoms with E-state index in [1.807, 2.05) is 6.07 Å². The maximum absolute atomic E-state index is 12.8. The van der Waals surface area contributed by atoms with E-state index in [0.29, 0.717) is 28.5 Å². The molecule has 0 saturated carbocycles. The van der Waals surface area contributed by atoms with Crippen molar-refractivity contribution in [2.45, 2.75) is 19.3 Å². The summed E-state index contributed by atoms with van der Waals surface area (Å²) in [6.07, 6.45) is 5.09. The average molecular weight is 553 g/mol. The molecule has 8 heteroatoms. The quantitative estimate of drug-likeness (QED) is 0.235. The number of pyridine rings is 1. The first kappa shape index (κ1) is 22.9. The summed E-state index contributed by atoms with van der Waals surface area (Å²) in [6, 6.07) is 17.4. The minimum Gasteiger partial charge on any atom is -0.357 e. The van der Waals surface area contributed by atoms with Crippen molar-refractivity contribution in [3.63, 3.8) is 0 Å². The Morgan fingerprint density at radius 2 is 1.55 bits per heavy atom. The molecule has 0 spiro atoms. The summed E-state index contributed by atoms with van der Waals surface area (Å²) < 4.78 is 0.968. The second-order valence-electron chi connectivity index (χ2n) is 7.79. The second kappa shape index (κ2) is 10.6. The summed E-state index contributed by atoms with van der Waals surface area (Å²) in [5, 5.41) is 14.0. The highest BCUT2D eigenvalue weighted by molar-refractivity contribution is 14.1. The number of amidine groups is 1. The van der Waals surface area contributed by atoms with E-state index in [0.717, 1.165) is 35.1 Å². The molecular formula is C25H24IN5O2. The van der Waals surface area contributed by atoms with E-state index in [9.17, 15) is 9.59 Å². The van der Waals surface area contributed by atoms with Gasteiger partial charge >= 0.3 is 0 Å². The number of para-hydroxylation sites is 1. The molecule has 2 amide bonds. The number of hydrogen-bond donors (Lipinski definition) is 3. The fourth-order valence-electron chi connectivity index (χ4n) is 3.70. The van der Waals surface area contributed by atoms with Crippen LogP contribution in [-0.2, 0) is 0 Å². The minimum atomic E-state index is -0.357. The van der Waals surface area contributed by atoms with Crippen LogP contribution >= 0.6 is 22.6 Å². The Bertz CT molecular complexity index is 1160. The number of amides is 2. The molecule has 0 unspecified atom stereocenters. The molecule has 1 aromatic heterocycles. The van der Waals surface area contributed by atoms with Gasteiger partial charge < -0.3 is 15.5 Å². The van der Waals surface area contributed by atoms with Gasteiger partial charge in [0.05, 0.1) is 11.3 Å². The number of carbonyl (C=O) groups is 2. The number of carbonyl (C=O) groups excluding carboxylic acids is 2. The monoisotopic (exact) mass is 553 g/mol. The topological polar surface area (TPSA) is 98.2 Å². The molecule has 0 radical (unpaired) electrons. The molecular weight excluding hydrogens is 529 g/mol. The van der Waals surface area contributed by atoms with Crippen LogP contribution in [0.4, 0.5) is 11.5 Å². The number of benzene rings is 2. The largest absolute Gasteiger partial charge is 0.357 e. The van der Waals surface area contributed by atoms with Gasteiger partial charge in [0.25, 0.3) is 11.8 Å². The number of nitrogens with zero attached hydrogens (tertiary/aromatic N) is 2. The van der Waals surface area contributed by atoms with Crippen molar-refractivity contribution in [1.29, 1.82) is 5.41 Å². The van der Waals surface area contributed by atoms with E-state index in [1.54, 1.807) is 60.8 Å². The number of likely N-dealkylation sites (tertiary alicyclic amines) is 1. The summed E-state index contributed by atoms with van der Waals surface area (Å²) in [6.45, 7) is 1.80. The normalized spacial score (nSPS) is 13.3. The van der Waals surface area contributed by atoms with Gasteiger partial charge in [-0.2, -0.15) is 0 Å². The van der Waals surface area contributed by atoms with Crippen LogP contribution in [-0.4, -0.2) is 40.6 Å². The number of aromatic nitrogens is 1. The molecule has 1 aliphatic heterocycles. The third kappa shape index (κ3) is 5.75. The highest BCUT2D eigenvalue weighted by atomic mass is 127. The number of hydrogen-bond acceptors (Lipinski definition) is 4. The number of nitrogens with one attached hydrogen (secondary N) is 3. The molecule has 2 heterocycles. The second-order valence-corrected chi connectivity index (χ2v) is 9.03. The van der Waals surface area contributed by atoms with Crippen molar-refractivity contribution in [3.8, 4) is 0 Å². The standard InChI is InChI=1S/C25H24IN5O2/c26-19-12-13-22(28-16-19)30-25(33)20-6-2-3-7-21(20)29-24(32)18-10-8-17(9-11-18)23(27)31-14-4-1-5-15-31/h2-3,6-13,16,27H,1,4-5,14-15H2,(H,29,32)(H,28,30,33). The maximum Gasteiger partial charge on any atom is 0.258 e. The van der Waals surface area contributed by atoms with Gasteiger partial charge in [0.15, 0.2) is 0 Å². The lowest BCUT2D eigenvalue weighted by Crippen LogP contribution is -2.35. The van der Waals surface area contributed by atoms with Crippen molar-refractivity contribution >= 4 is 51.7 Å². The zero-order valence-corrected chi connectivity index (χ0v) is 20.1. The Labute approximate surface area is 206 Å². The maximum atomic E-state index is 12.8. The SMILES string of the molecule is N=C(c1ccc(C(=O)Nc2ccccc2C(=O)Nc2ccc(I)cn2)cc1)N1CCCCC1. The molecule has 1 aliphatic rings. The van der Waals surface area contributed by atoms with Crippen LogP contribution in [0.1, 0.15) is 45.5 Å². The van der Waals surface area contributed by atoms with Gasteiger partial charge in [-0.3, -0.25) is 15.0 Å². The number of rotatable bonds is 5. The molecule has 3 aromatic rings. The third-order valence-corrected chi connectivity index (χ3v) is 6.12. The first-order valence-corrected chi connectivity index (χ1v) is 11.9. The summed E-state index contributed by atoms with van der Waals surface area (Å²) in [4.78, 5) is 31.9. The van der Waals surface area contributed by atoms with Crippen molar-refractivity contribution in [1.82, 2.24) is 9.88 Å². The Balaban J connectivity index is 1.44. The van der Waals surface area contributed by atoms with Crippen molar-refractivity contribution in [3.05, 3.63) is 87.1 Å². The van der Waals surface area contributed by atoms with Gasteiger partial charge in [-0.05, 0) is 78.3 Å². The summed E-state index contributed by atoms with van der Waals surface area (Å²) >= 11 is 2.15. The summed E-state index contributed by atoms with van der Waals surface area (Å²) in [7, 11) is 0. The van der Waals surface area contributed by atoms with E-state index < -0.39 is 0 Å². The Kier molecular flexibility index (Phi) is 7.33. The Morgan fingerprint density at radius 3 is 2.24 bits per heavy atom. The zero-order chi connectivity index (χ0) is 23.2. The van der Waals surface area contributed by atoms with Crippen molar-refractivity contribution < 1.29 is 9.59 Å². The Hall–Kier alpha value is -3.27. The third-order valence-electron chi connectivity index (χ3n) is 5.48. The van der Waals surface area contributed by atoms with Gasteiger partial charge in [-0.15, -0.1) is 0 Å². The highest BCUT2D eigenvalue weighted by Gasteiger charge is 2.17. The van der Waals surface area contributed by atoms with E-state index in [2.05, 4.69) is 43.1 Å². The predicted molar refractivity (Wildman–Crippen MR) is 138 cm³/mol. The van der Waals surface area contributed by atoms with Gasteiger partial charge in [0.2, 0.25) is 0 Å². The van der Waals surface area contributed by atoms with Gasteiger partial charge in [-0.25, -0.2) is 4.98 Å². The zero-order valence-electron chi connectivity index (χ0n) is 18.0. The van der Waals surface area contributed by atoms with E-state index in [-0.39, 0.29) is 11.8 Å². The first-order chi connectivity index (χ1) is 16.0. The smallest absolute Gasteiger partial charge is 0.258 e. The first-order valence-electron chi connectivity index (χ1n) is 10.8. The lowest BCUT2D eigenvalue weighted by atomic mass is 10.1. The molecule has 0 bridgehead atoms. The van der Waals surface area contributed by atoms with E-state index in [4.69, 9.17) is 5.41 Å². The summed E-state index contributed by atoms with van der Waals surface area (Å²) in [5.74, 6) is 0.254. The van der Waals surface area contributed by atoms with Crippen molar-refractivity contribution in [2.24, 2.45) is 0 Å². The van der Waals surface area contributed by atoms with Crippen LogP contribution in [0.15, 0.2) is 66.9 Å². The van der Waals surface area contributed by atoms with Crippen LogP contribution in [0.3, 0.4) is 0 Å². The van der Waals surface area contributed by atoms with Crippen LogP contribution in [0.2, 0.25) is 0 Å². The van der Waals surface area contributed by atoms with Gasteiger partial charge in [-0.1, -0.05) is 24.3 Å². The minimum absolute atomic E-state index is 0.321. The fraction of sp³-hybridized carbons (Fsp3) is 0.200. The molecule has 0 atom stereocenters. The fourth-order valence-corrected chi connectivity index (χ4v) is 4.02. The number of piperidine rings is 1.